The van der Waals surface area contributed by atoms with Gasteiger partial charge < -0.3 is 0 Å². The minimum absolute atomic E-state index is 0. The number of thiazole rings is 1. The van der Waals surface area contributed by atoms with E-state index in [1.54, 1.807) is 11.3 Å². The smallest absolute Gasteiger partial charge is 0.245 e. The predicted octanol–water partition coefficient (Wildman–Crippen LogP) is 2.29. The average molecular weight is 336 g/mol. The van der Waals surface area contributed by atoms with E-state index < -0.39 is 0 Å². The van der Waals surface area contributed by atoms with Crippen LogP contribution in [0.2, 0.25) is 0 Å². The third-order valence-electron chi connectivity index (χ3n) is 1.24. The second kappa shape index (κ2) is 3.44. The molecule has 1 nitrogen and oxygen atoms in total. The van der Waals surface area contributed by atoms with Crippen LogP contribution in [-0.2, 0) is 27.7 Å². The molecule has 0 saturated heterocycles. The van der Waals surface area contributed by atoms with E-state index in [4.69, 9.17) is 0 Å². The summed E-state index contributed by atoms with van der Waals surface area (Å²) in [7, 11) is 0. The summed E-state index contributed by atoms with van der Waals surface area (Å²) in [6, 6.07) is 8.13. The quantitative estimate of drug-likeness (QED) is 0.673. The largest absolute Gasteiger partial charge is 2.00 e. The van der Waals surface area contributed by atoms with Crippen LogP contribution >= 0.6 is 11.3 Å². The van der Waals surface area contributed by atoms with Gasteiger partial charge in [-0.1, -0.05) is 12.1 Å². The Morgan fingerprint density at radius 2 is 2.00 bits per heavy atom. The number of rotatable bonds is 0. The van der Waals surface area contributed by atoms with Crippen LogP contribution < -0.4 is 0 Å². The van der Waals surface area contributed by atoms with Gasteiger partial charge in [-0.2, -0.15) is 0 Å². The summed E-state index contributed by atoms with van der Waals surface area (Å²) in [6.45, 7) is 0. The number of aromatic nitrogens is 1. The van der Waals surface area contributed by atoms with Crippen LogP contribution in [-0.4, -0.2) is 4.98 Å². The minimum Gasteiger partial charge on any atom is -0.245 e. The number of fused-ring (bicyclic) bond motifs is 1. The first-order chi connectivity index (χ1) is 4.47. The number of hydrogen-bond donors (Lipinski definition) is 0. The number of para-hydroxylation sites is 1. The zero-order valence-corrected chi connectivity index (χ0v) is 11.8. The van der Waals surface area contributed by atoms with E-state index in [-0.39, 0.29) is 27.7 Å². The fourth-order valence-electron chi connectivity index (χ4n) is 0.803. The molecule has 2 rings (SSSR count). The average Bonchev–Trinajstić information content (AvgIpc) is 2.33. The van der Waals surface area contributed by atoms with Crippen molar-refractivity contribution in [3.63, 3.8) is 0 Å². The van der Waals surface area contributed by atoms with E-state index in [1.807, 2.05) is 23.7 Å². The molecule has 0 fully saturated rings. The molecule has 10 heavy (non-hydrogen) atoms. The predicted molar refractivity (Wildman–Crippen MR) is 39.6 cm³/mol. The van der Waals surface area contributed by atoms with Crippen molar-refractivity contribution in [3.8, 4) is 0 Å². The van der Waals surface area contributed by atoms with Gasteiger partial charge in [-0.25, -0.2) is 4.98 Å². The molecule has 0 bridgehead atoms. The van der Waals surface area contributed by atoms with Gasteiger partial charge in [0, 0.05) is 0 Å². The summed E-state index contributed by atoms with van der Waals surface area (Å²) in [6.07, 6.45) is 0. The van der Waals surface area contributed by atoms with Gasteiger partial charge in [-0.15, -0.1) is 11.3 Å². The summed E-state index contributed by atoms with van der Waals surface area (Å²) in [4.78, 5) is 4.14. The van der Waals surface area contributed by atoms with Gasteiger partial charge in [-0.05, 0) is 12.1 Å². The van der Waals surface area contributed by atoms with E-state index in [0.29, 0.717) is 0 Å². The van der Waals surface area contributed by atoms with Gasteiger partial charge in [-0.3, -0.25) is 0 Å². The molecule has 0 spiro atoms. The standard InChI is InChI=1S/C7H5NS.Hg/c1-2-4-7-6(3-1)8-5-9-7;/h1-5H;/q;+2. The Kier molecular flexibility index (Phi) is 2.80. The topological polar surface area (TPSA) is 12.9 Å². The Labute approximate surface area is 83.6 Å². The monoisotopic (exact) mass is 337 g/mol. The maximum atomic E-state index is 4.14. The third-order valence-corrected chi connectivity index (χ3v) is 2.05. The molecule has 0 unspecified atom stereocenters. The molecule has 0 N–H and O–H groups in total. The molecule has 44 valence electrons. The van der Waals surface area contributed by atoms with Gasteiger partial charge >= 0.3 is 27.7 Å². The summed E-state index contributed by atoms with van der Waals surface area (Å²) >= 11 is 1.68. The third kappa shape index (κ3) is 1.37. The number of nitrogens with zero attached hydrogens (tertiary/aromatic N) is 1. The maximum absolute atomic E-state index is 4.14. The van der Waals surface area contributed by atoms with Crippen molar-refractivity contribution < 1.29 is 27.7 Å². The molecule has 0 amide bonds. The van der Waals surface area contributed by atoms with E-state index >= 15 is 0 Å². The number of benzene rings is 1. The van der Waals surface area contributed by atoms with Crippen LogP contribution in [0.1, 0.15) is 0 Å². The van der Waals surface area contributed by atoms with Crippen LogP contribution in [0.3, 0.4) is 0 Å². The van der Waals surface area contributed by atoms with Gasteiger partial charge in [0.05, 0.1) is 15.7 Å². The molecule has 1 aromatic carbocycles. The van der Waals surface area contributed by atoms with Crippen molar-refractivity contribution in [1.29, 1.82) is 0 Å². The van der Waals surface area contributed by atoms with Crippen LogP contribution in [0.15, 0.2) is 29.8 Å². The Bertz CT molecular complexity index is 288. The molecular formula is C7H5HgNS+2. The van der Waals surface area contributed by atoms with Crippen molar-refractivity contribution in [2.45, 2.75) is 0 Å². The van der Waals surface area contributed by atoms with Crippen LogP contribution in [0, 0.1) is 0 Å². The molecule has 3 heteroatoms. The zero-order chi connectivity index (χ0) is 6.10. The van der Waals surface area contributed by atoms with E-state index in [0.717, 1.165) is 5.52 Å². The Morgan fingerprint density at radius 1 is 1.20 bits per heavy atom. The van der Waals surface area contributed by atoms with Crippen LogP contribution in [0.4, 0.5) is 0 Å². The van der Waals surface area contributed by atoms with Crippen LogP contribution in [0.5, 0.6) is 0 Å². The molecule has 1 heterocycles. The number of hydrogen-bond acceptors (Lipinski definition) is 2. The molecule has 2 aromatic rings. The second-order valence-corrected chi connectivity index (χ2v) is 2.71. The van der Waals surface area contributed by atoms with E-state index in [9.17, 15) is 0 Å². The first-order valence-electron chi connectivity index (χ1n) is 2.75. The molecule has 0 radical (unpaired) electrons. The SMILES string of the molecule is [Hg+2].c1ccc2scnc2c1. The Hall–Kier alpha value is 0.0451. The fraction of sp³-hybridized carbons (Fsp3) is 0. The van der Waals surface area contributed by atoms with Crippen molar-refractivity contribution in [3.05, 3.63) is 29.8 Å². The van der Waals surface area contributed by atoms with Crippen molar-refractivity contribution in [2.75, 3.05) is 0 Å². The molecule has 0 aliphatic heterocycles. The van der Waals surface area contributed by atoms with E-state index in [1.165, 1.54) is 4.70 Å². The normalized spacial score (nSPS) is 9.20. The summed E-state index contributed by atoms with van der Waals surface area (Å²) in [5, 5.41) is 0. The molecule has 0 aliphatic carbocycles. The minimum atomic E-state index is 0. The molecule has 0 saturated carbocycles. The summed E-state index contributed by atoms with van der Waals surface area (Å²) in [5.41, 5.74) is 2.97. The zero-order valence-electron chi connectivity index (χ0n) is 5.45. The van der Waals surface area contributed by atoms with Crippen molar-refractivity contribution >= 4 is 21.6 Å². The van der Waals surface area contributed by atoms with Crippen molar-refractivity contribution in [2.24, 2.45) is 0 Å². The summed E-state index contributed by atoms with van der Waals surface area (Å²) < 4.78 is 1.26. The first kappa shape index (κ1) is 8.14. The molecule has 0 atom stereocenters. The molecule has 1 aromatic heterocycles. The molecule has 0 aliphatic rings. The van der Waals surface area contributed by atoms with Gasteiger partial charge in [0.15, 0.2) is 0 Å². The van der Waals surface area contributed by atoms with Gasteiger partial charge in [0.1, 0.15) is 0 Å². The first-order valence-corrected chi connectivity index (χ1v) is 3.63. The maximum Gasteiger partial charge on any atom is 2.00 e. The Morgan fingerprint density at radius 3 is 2.80 bits per heavy atom. The van der Waals surface area contributed by atoms with E-state index in [2.05, 4.69) is 11.1 Å². The van der Waals surface area contributed by atoms with Gasteiger partial charge in [0.25, 0.3) is 0 Å². The van der Waals surface area contributed by atoms with Crippen molar-refractivity contribution in [1.82, 2.24) is 4.98 Å². The second-order valence-electron chi connectivity index (χ2n) is 1.82. The van der Waals surface area contributed by atoms with Crippen LogP contribution in [0.25, 0.3) is 10.2 Å². The molecular weight excluding hydrogens is 331 g/mol. The summed E-state index contributed by atoms with van der Waals surface area (Å²) in [5.74, 6) is 0. The Balaban J connectivity index is 0.000000500. The van der Waals surface area contributed by atoms with Gasteiger partial charge in [0.2, 0.25) is 0 Å². The fourth-order valence-corrected chi connectivity index (χ4v) is 1.48.